The zero-order chi connectivity index (χ0) is 36.3. The summed E-state index contributed by atoms with van der Waals surface area (Å²) in [6.45, 7) is 1.29. The van der Waals surface area contributed by atoms with Gasteiger partial charge in [0.1, 0.15) is 11.4 Å². The van der Waals surface area contributed by atoms with Crippen LogP contribution in [0.1, 0.15) is 37.1 Å². The number of rotatable bonds is 11. The summed E-state index contributed by atoms with van der Waals surface area (Å²) in [7, 11) is 2.96. The molecule has 0 aliphatic carbocycles. The lowest BCUT2D eigenvalue weighted by Gasteiger charge is -2.39. The Morgan fingerprint density at radius 3 is 1.96 bits per heavy atom. The van der Waals surface area contributed by atoms with Gasteiger partial charge in [0, 0.05) is 67.4 Å². The van der Waals surface area contributed by atoms with E-state index >= 15 is 0 Å². The van der Waals surface area contributed by atoms with Gasteiger partial charge in [-0.2, -0.15) is 13.2 Å². The summed E-state index contributed by atoms with van der Waals surface area (Å²) in [6.07, 6.45) is -1.05. The Morgan fingerprint density at radius 1 is 0.922 bits per heavy atom. The van der Waals surface area contributed by atoms with Gasteiger partial charge in [-0.25, -0.2) is 9.97 Å². The van der Waals surface area contributed by atoms with Crippen molar-refractivity contribution in [2.45, 2.75) is 56.6 Å². The van der Waals surface area contributed by atoms with Gasteiger partial charge in [0.25, 0.3) is 0 Å². The molecule has 2 aromatic carbocycles. The second-order valence-corrected chi connectivity index (χ2v) is 13.3. The average molecular weight is 747 g/mol. The number of carbonyl (C=O) groups excluding carboxylic acids is 1. The number of alkyl halides is 3. The Balaban J connectivity index is 1.21. The predicted octanol–water partition coefficient (Wildman–Crippen LogP) is 5.85. The minimum absolute atomic E-state index is 0.0400. The van der Waals surface area contributed by atoms with E-state index in [1.165, 1.54) is 14.2 Å². The topological polar surface area (TPSA) is 135 Å². The van der Waals surface area contributed by atoms with Crippen molar-refractivity contribution in [3.8, 4) is 45.4 Å². The molecule has 270 valence electrons. The lowest BCUT2D eigenvalue weighted by Crippen LogP contribution is -2.53. The highest BCUT2D eigenvalue weighted by Crippen LogP contribution is 2.43. The first-order valence-corrected chi connectivity index (χ1v) is 17.1. The summed E-state index contributed by atoms with van der Waals surface area (Å²) < 4.78 is 50.9. The van der Waals surface area contributed by atoms with E-state index in [1.54, 1.807) is 23.4 Å². The van der Waals surface area contributed by atoms with Crippen LogP contribution in [0.5, 0.6) is 11.8 Å². The summed E-state index contributed by atoms with van der Waals surface area (Å²) in [6, 6.07) is 11.0. The normalized spacial score (nSPS) is 17.7. The number of amides is 1. The monoisotopic (exact) mass is 745 g/mol. The van der Waals surface area contributed by atoms with E-state index in [2.05, 4.69) is 30.6 Å². The molecular weight excluding hydrogens is 710 g/mol. The Labute approximate surface area is 302 Å². The van der Waals surface area contributed by atoms with Gasteiger partial charge >= 0.3 is 6.18 Å². The molecule has 4 heterocycles. The summed E-state index contributed by atoms with van der Waals surface area (Å²) in [5.41, 5.74) is 1.76. The van der Waals surface area contributed by atoms with Crippen molar-refractivity contribution in [1.29, 1.82) is 0 Å². The Kier molecular flexibility index (Phi) is 11.0. The molecule has 11 nitrogen and oxygen atoms in total. The van der Waals surface area contributed by atoms with Crippen molar-refractivity contribution in [1.82, 2.24) is 35.5 Å². The lowest BCUT2D eigenvalue weighted by atomic mass is 9.91. The van der Waals surface area contributed by atoms with Crippen LogP contribution >= 0.6 is 23.2 Å². The highest BCUT2D eigenvalue weighted by molar-refractivity contribution is 6.39. The molecule has 2 saturated heterocycles. The highest BCUT2D eigenvalue weighted by atomic mass is 35.5. The number of ether oxygens (including phenoxy) is 2. The van der Waals surface area contributed by atoms with Crippen LogP contribution in [0.15, 0.2) is 48.8 Å². The van der Waals surface area contributed by atoms with Crippen molar-refractivity contribution in [3.63, 3.8) is 0 Å². The van der Waals surface area contributed by atoms with E-state index in [0.717, 1.165) is 6.42 Å². The lowest BCUT2D eigenvalue weighted by molar-refractivity contribution is -0.272. The van der Waals surface area contributed by atoms with Gasteiger partial charge in [0.05, 0.1) is 48.0 Å². The Hall–Kier alpha value is -4.08. The minimum Gasteiger partial charge on any atom is -0.480 e. The van der Waals surface area contributed by atoms with E-state index in [9.17, 15) is 23.1 Å². The second kappa shape index (κ2) is 15.3. The number of carbonyl (C=O) groups is 1. The maximum atomic E-state index is 13.3. The van der Waals surface area contributed by atoms with Gasteiger partial charge < -0.3 is 25.2 Å². The SMILES string of the molecule is COc1nc(-c2cccc(-c3cccc(-c4cnc(CN5CCC(O)(C(F)(F)F)CC5)c(OC)n4)c3Cl)c2Cl)cnc1CNC[C@@H]1CCC(=O)N1. The molecule has 2 aliphatic heterocycles. The molecule has 1 atom stereocenters. The summed E-state index contributed by atoms with van der Waals surface area (Å²) in [5, 5.41) is 17.0. The fraction of sp³-hybridized carbons (Fsp3) is 0.400. The second-order valence-electron chi connectivity index (χ2n) is 12.5. The molecule has 51 heavy (non-hydrogen) atoms. The first-order valence-electron chi connectivity index (χ1n) is 16.3. The van der Waals surface area contributed by atoms with Gasteiger partial charge in [-0.3, -0.25) is 19.7 Å². The molecule has 0 spiro atoms. The van der Waals surface area contributed by atoms with Gasteiger partial charge in [-0.15, -0.1) is 0 Å². The first-order chi connectivity index (χ1) is 24.4. The molecule has 0 radical (unpaired) electrons. The zero-order valence-electron chi connectivity index (χ0n) is 27.9. The molecule has 2 aromatic heterocycles. The van der Waals surface area contributed by atoms with E-state index in [0.29, 0.717) is 80.5 Å². The van der Waals surface area contributed by atoms with Gasteiger partial charge in [0.2, 0.25) is 17.7 Å². The highest BCUT2D eigenvalue weighted by Gasteiger charge is 2.54. The molecule has 0 saturated carbocycles. The largest absolute Gasteiger partial charge is 0.480 e. The number of halogens is 5. The molecule has 4 aromatic rings. The molecule has 0 unspecified atom stereocenters. The van der Waals surface area contributed by atoms with E-state index in [4.69, 9.17) is 32.7 Å². The number of hydrogen-bond acceptors (Lipinski definition) is 10. The summed E-state index contributed by atoms with van der Waals surface area (Å²) in [4.78, 5) is 31.7. The van der Waals surface area contributed by atoms with Crippen LogP contribution in [0.3, 0.4) is 0 Å². The predicted molar refractivity (Wildman–Crippen MR) is 185 cm³/mol. The summed E-state index contributed by atoms with van der Waals surface area (Å²) >= 11 is 14.0. The number of benzene rings is 2. The smallest absolute Gasteiger partial charge is 0.417 e. The fourth-order valence-corrected chi connectivity index (χ4v) is 6.91. The quantitative estimate of drug-likeness (QED) is 0.172. The van der Waals surface area contributed by atoms with Crippen LogP contribution in [0.2, 0.25) is 10.0 Å². The van der Waals surface area contributed by atoms with Gasteiger partial charge in [-0.05, 0) is 19.3 Å². The van der Waals surface area contributed by atoms with Crippen molar-refractivity contribution in [3.05, 3.63) is 70.2 Å². The van der Waals surface area contributed by atoms with Crippen LogP contribution in [-0.4, -0.2) is 87.5 Å². The number of nitrogens with zero attached hydrogens (tertiary/aromatic N) is 5. The number of aliphatic hydroxyl groups is 1. The molecule has 16 heteroatoms. The Bertz CT molecular complexity index is 1910. The van der Waals surface area contributed by atoms with E-state index < -0.39 is 24.6 Å². The zero-order valence-corrected chi connectivity index (χ0v) is 29.4. The average Bonchev–Trinajstić information content (AvgIpc) is 3.54. The van der Waals surface area contributed by atoms with Gasteiger partial charge in [-0.1, -0.05) is 59.6 Å². The van der Waals surface area contributed by atoms with Gasteiger partial charge in [0.15, 0.2) is 5.60 Å². The maximum Gasteiger partial charge on any atom is 0.417 e. The Morgan fingerprint density at radius 2 is 1.45 bits per heavy atom. The van der Waals surface area contributed by atoms with Crippen molar-refractivity contribution >= 4 is 29.1 Å². The van der Waals surface area contributed by atoms with E-state index in [-0.39, 0.29) is 37.5 Å². The third-order valence-electron chi connectivity index (χ3n) is 9.20. The van der Waals surface area contributed by atoms with Crippen LogP contribution < -0.4 is 20.1 Å². The van der Waals surface area contributed by atoms with Crippen molar-refractivity contribution in [2.24, 2.45) is 0 Å². The molecular formula is C35H36Cl2F3N7O4. The van der Waals surface area contributed by atoms with Crippen LogP contribution in [-0.2, 0) is 17.9 Å². The van der Waals surface area contributed by atoms with Crippen molar-refractivity contribution in [2.75, 3.05) is 33.9 Å². The molecule has 2 fully saturated rings. The van der Waals surface area contributed by atoms with Crippen LogP contribution in [0.25, 0.3) is 33.6 Å². The third kappa shape index (κ3) is 7.90. The fourth-order valence-electron chi connectivity index (χ4n) is 6.26. The standard InChI is InChI=1S/C35H36Cl2F3N7O4/c1-50-32-27(16-41-15-20-9-10-29(48)44-20)42-17-25(45-32)23-7-3-5-21(30(23)36)22-6-4-8-24(31(22)37)26-18-43-28(33(46-26)51-2)19-47-13-11-34(49,12-14-47)35(38,39)40/h3-8,17-18,20,41,49H,9-16,19H2,1-2H3,(H,44,48)/t20-/m0/s1. The van der Waals surface area contributed by atoms with Crippen molar-refractivity contribution < 1.29 is 32.5 Å². The molecule has 6 rings (SSSR count). The molecule has 3 N–H and O–H groups in total. The molecule has 0 bridgehead atoms. The first kappa shape index (κ1) is 36.7. The number of likely N-dealkylation sites (tertiary alicyclic amines) is 1. The number of aromatic nitrogens is 4. The molecule has 2 aliphatic rings. The van der Waals surface area contributed by atoms with Crippen LogP contribution in [0.4, 0.5) is 13.2 Å². The number of hydrogen-bond donors (Lipinski definition) is 3. The minimum atomic E-state index is -4.68. The third-order valence-corrected chi connectivity index (χ3v) is 10.0. The summed E-state index contributed by atoms with van der Waals surface area (Å²) in [5.74, 6) is 0.612. The van der Waals surface area contributed by atoms with E-state index in [1.807, 2.05) is 30.3 Å². The van der Waals surface area contributed by atoms with Crippen LogP contribution in [0, 0.1) is 0 Å². The molecule has 1 amide bonds. The number of piperidine rings is 1. The number of methoxy groups -OCH3 is 2. The maximum absolute atomic E-state index is 13.3. The number of nitrogens with one attached hydrogen (secondary N) is 2.